The Morgan fingerprint density at radius 1 is 1.38 bits per heavy atom. The molecule has 0 aliphatic rings. The van der Waals surface area contributed by atoms with Crippen molar-refractivity contribution in [3.05, 3.63) is 42.4 Å². The maximum atomic E-state index is 11.9. The molecule has 0 radical (unpaired) electrons. The second-order valence-corrected chi connectivity index (χ2v) is 5.48. The first-order chi connectivity index (χ1) is 10.3. The molecule has 1 N–H and O–H groups in total. The average Bonchev–Trinajstić information content (AvgIpc) is 3.13. The third-order valence-electron chi connectivity index (χ3n) is 3.03. The summed E-state index contributed by atoms with van der Waals surface area (Å²) in [6.45, 7) is 0. The summed E-state index contributed by atoms with van der Waals surface area (Å²) >= 11 is 1.43. The van der Waals surface area contributed by atoms with Crippen LogP contribution < -0.4 is 10.1 Å². The Hall–Kier alpha value is -2.34. The van der Waals surface area contributed by atoms with Gasteiger partial charge >= 0.3 is 0 Å². The van der Waals surface area contributed by atoms with Crippen molar-refractivity contribution in [2.75, 3.05) is 12.4 Å². The molecule has 6 heteroatoms. The van der Waals surface area contributed by atoms with Crippen LogP contribution in [0.1, 0.15) is 12.2 Å². The second kappa shape index (κ2) is 5.97. The summed E-state index contributed by atoms with van der Waals surface area (Å²) < 4.78 is 11.4. The number of nitrogens with one attached hydrogen (secondary N) is 1. The molecule has 0 saturated heterocycles. The predicted octanol–water partition coefficient (Wildman–Crippen LogP) is 3.47. The van der Waals surface area contributed by atoms with Gasteiger partial charge in [0.2, 0.25) is 5.91 Å². The first-order valence-electron chi connectivity index (χ1n) is 6.52. The number of amides is 1. The Morgan fingerprint density at radius 3 is 3.05 bits per heavy atom. The normalized spacial score (nSPS) is 10.7. The number of aromatic nitrogens is 1. The van der Waals surface area contributed by atoms with Crippen LogP contribution >= 0.6 is 11.3 Å². The lowest BCUT2D eigenvalue weighted by Crippen LogP contribution is -2.11. The van der Waals surface area contributed by atoms with E-state index >= 15 is 0 Å². The van der Waals surface area contributed by atoms with Gasteiger partial charge in [0.15, 0.2) is 5.13 Å². The minimum atomic E-state index is -0.0792. The molecule has 0 bridgehead atoms. The summed E-state index contributed by atoms with van der Waals surface area (Å²) in [5.74, 6) is 1.43. The van der Waals surface area contributed by atoms with Crippen molar-refractivity contribution in [3.63, 3.8) is 0 Å². The summed E-state index contributed by atoms with van der Waals surface area (Å²) in [6, 6.07) is 9.38. The Balaban J connectivity index is 1.68. The van der Waals surface area contributed by atoms with Crippen molar-refractivity contribution in [1.82, 2.24) is 4.98 Å². The number of carbonyl (C=O) groups is 1. The number of thiazole rings is 1. The minimum absolute atomic E-state index is 0.0792. The molecule has 3 aromatic rings. The number of carbonyl (C=O) groups excluding carboxylic acids is 1. The van der Waals surface area contributed by atoms with Gasteiger partial charge in [-0.1, -0.05) is 17.4 Å². The fourth-order valence-electron chi connectivity index (χ4n) is 2.01. The summed E-state index contributed by atoms with van der Waals surface area (Å²) in [7, 11) is 1.61. The second-order valence-electron chi connectivity index (χ2n) is 4.45. The topological polar surface area (TPSA) is 64.4 Å². The number of para-hydroxylation sites is 1. The van der Waals surface area contributed by atoms with E-state index in [0.29, 0.717) is 23.7 Å². The molecule has 0 unspecified atom stereocenters. The maximum absolute atomic E-state index is 11.9. The molecule has 21 heavy (non-hydrogen) atoms. The van der Waals surface area contributed by atoms with Crippen LogP contribution in [0.4, 0.5) is 5.13 Å². The molecule has 2 heterocycles. The minimum Gasteiger partial charge on any atom is -0.494 e. The number of hydrogen-bond donors (Lipinski definition) is 1. The SMILES string of the molecule is COc1cccc2sc(NC(=O)CCc3ccco3)nc12. The van der Waals surface area contributed by atoms with E-state index in [4.69, 9.17) is 9.15 Å². The molecule has 0 saturated carbocycles. The van der Waals surface area contributed by atoms with Crippen LogP contribution in [-0.2, 0) is 11.2 Å². The molecule has 0 aliphatic carbocycles. The number of nitrogens with zero attached hydrogens (tertiary/aromatic N) is 1. The largest absolute Gasteiger partial charge is 0.494 e. The van der Waals surface area contributed by atoms with Gasteiger partial charge < -0.3 is 14.5 Å². The van der Waals surface area contributed by atoms with Crippen LogP contribution in [0.25, 0.3) is 10.2 Å². The third kappa shape index (κ3) is 3.05. The number of benzene rings is 1. The number of anilines is 1. The van der Waals surface area contributed by atoms with E-state index < -0.39 is 0 Å². The fraction of sp³-hybridized carbons (Fsp3) is 0.200. The first-order valence-corrected chi connectivity index (χ1v) is 7.33. The molecular formula is C15H14N2O3S. The Bertz CT molecular complexity index is 749. The standard InChI is InChI=1S/C15H14N2O3S/c1-19-11-5-2-6-12-14(11)17-15(21-12)16-13(18)8-7-10-4-3-9-20-10/h2-6,9H,7-8H2,1H3,(H,16,17,18). The van der Waals surface area contributed by atoms with Crippen molar-refractivity contribution in [2.24, 2.45) is 0 Å². The lowest BCUT2D eigenvalue weighted by atomic mass is 10.2. The van der Waals surface area contributed by atoms with Crippen molar-refractivity contribution in [3.8, 4) is 5.75 Å². The number of methoxy groups -OCH3 is 1. The number of ether oxygens (including phenoxy) is 1. The summed E-state index contributed by atoms with van der Waals surface area (Å²) in [4.78, 5) is 16.3. The average molecular weight is 302 g/mol. The van der Waals surface area contributed by atoms with Gasteiger partial charge in [0.05, 0.1) is 18.1 Å². The van der Waals surface area contributed by atoms with Crippen LogP contribution in [0.3, 0.4) is 0 Å². The summed E-state index contributed by atoms with van der Waals surface area (Å²) in [5.41, 5.74) is 0.770. The summed E-state index contributed by atoms with van der Waals surface area (Å²) in [5, 5.41) is 3.40. The fourth-order valence-corrected chi connectivity index (χ4v) is 2.91. The van der Waals surface area contributed by atoms with Gasteiger partial charge in [0, 0.05) is 12.8 Å². The van der Waals surface area contributed by atoms with E-state index in [0.717, 1.165) is 16.0 Å². The third-order valence-corrected chi connectivity index (χ3v) is 3.96. The smallest absolute Gasteiger partial charge is 0.226 e. The number of hydrogen-bond acceptors (Lipinski definition) is 5. The molecule has 0 aliphatic heterocycles. The first kappa shape index (κ1) is 13.6. The highest BCUT2D eigenvalue weighted by Gasteiger charge is 2.11. The van der Waals surface area contributed by atoms with Gasteiger partial charge in [-0.2, -0.15) is 0 Å². The number of furan rings is 1. The maximum Gasteiger partial charge on any atom is 0.226 e. The zero-order valence-electron chi connectivity index (χ0n) is 11.5. The monoisotopic (exact) mass is 302 g/mol. The van der Waals surface area contributed by atoms with Gasteiger partial charge in [-0.05, 0) is 24.3 Å². The zero-order valence-corrected chi connectivity index (χ0v) is 12.3. The van der Waals surface area contributed by atoms with E-state index in [1.165, 1.54) is 11.3 Å². The molecular weight excluding hydrogens is 288 g/mol. The van der Waals surface area contributed by atoms with Gasteiger partial charge in [-0.25, -0.2) is 4.98 Å². The molecule has 108 valence electrons. The zero-order chi connectivity index (χ0) is 14.7. The van der Waals surface area contributed by atoms with Gasteiger partial charge in [-0.3, -0.25) is 4.79 Å². The van der Waals surface area contributed by atoms with E-state index in [-0.39, 0.29) is 5.91 Å². The molecule has 0 atom stereocenters. The number of rotatable bonds is 5. The van der Waals surface area contributed by atoms with Crippen LogP contribution in [0, 0.1) is 0 Å². The molecule has 2 aromatic heterocycles. The highest BCUT2D eigenvalue weighted by atomic mass is 32.1. The van der Waals surface area contributed by atoms with Crippen LogP contribution in [-0.4, -0.2) is 18.0 Å². The van der Waals surface area contributed by atoms with Crippen molar-refractivity contribution >= 4 is 32.6 Å². The molecule has 0 fully saturated rings. The van der Waals surface area contributed by atoms with E-state index in [1.54, 1.807) is 13.4 Å². The van der Waals surface area contributed by atoms with Crippen molar-refractivity contribution in [1.29, 1.82) is 0 Å². The van der Waals surface area contributed by atoms with E-state index in [9.17, 15) is 4.79 Å². The van der Waals surface area contributed by atoms with E-state index in [1.807, 2.05) is 30.3 Å². The van der Waals surface area contributed by atoms with Crippen LogP contribution in [0.5, 0.6) is 5.75 Å². The van der Waals surface area contributed by atoms with Gasteiger partial charge in [-0.15, -0.1) is 0 Å². The summed E-state index contributed by atoms with van der Waals surface area (Å²) in [6.07, 6.45) is 2.54. The Morgan fingerprint density at radius 2 is 2.29 bits per heavy atom. The Kier molecular flexibility index (Phi) is 3.87. The molecule has 1 aromatic carbocycles. The van der Waals surface area contributed by atoms with Gasteiger partial charge in [0.25, 0.3) is 0 Å². The van der Waals surface area contributed by atoms with E-state index in [2.05, 4.69) is 10.3 Å². The van der Waals surface area contributed by atoms with Crippen molar-refractivity contribution < 1.29 is 13.9 Å². The highest BCUT2D eigenvalue weighted by Crippen LogP contribution is 2.32. The van der Waals surface area contributed by atoms with Crippen molar-refractivity contribution in [2.45, 2.75) is 12.8 Å². The Labute approximate surface area is 125 Å². The number of fused-ring (bicyclic) bond motifs is 1. The molecule has 5 nitrogen and oxygen atoms in total. The lowest BCUT2D eigenvalue weighted by Gasteiger charge is -2.00. The lowest BCUT2D eigenvalue weighted by molar-refractivity contribution is -0.116. The molecule has 1 amide bonds. The van der Waals surface area contributed by atoms with Crippen LogP contribution in [0.2, 0.25) is 0 Å². The van der Waals surface area contributed by atoms with Crippen LogP contribution in [0.15, 0.2) is 41.0 Å². The number of aryl methyl sites for hydroxylation is 1. The highest BCUT2D eigenvalue weighted by molar-refractivity contribution is 7.22. The molecule has 3 rings (SSSR count). The quantitative estimate of drug-likeness (QED) is 0.784. The van der Waals surface area contributed by atoms with Gasteiger partial charge in [0.1, 0.15) is 17.0 Å². The predicted molar refractivity (Wildman–Crippen MR) is 81.8 cm³/mol. The molecule has 0 spiro atoms.